The number of nitrogens with one attached hydrogen (secondary N) is 2. The van der Waals surface area contributed by atoms with Gasteiger partial charge < -0.3 is 10.6 Å². The number of nitrogens with zero attached hydrogens (tertiary/aromatic N) is 2. The zero-order valence-corrected chi connectivity index (χ0v) is 12.6. The molecule has 3 heterocycles. The van der Waals surface area contributed by atoms with Crippen molar-refractivity contribution in [3.8, 4) is 0 Å². The Labute approximate surface area is 126 Å². The van der Waals surface area contributed by atoms with Gasteiger partial charge in [-0.15, -0.1) is 0 Å². The molecule has 0 radical (unpaired) electrons. The van der Waals surface area contributed by atoms with Crippen LogP contribution in [0.5, 0.6) is 0 Å². The van der Waals surface area contributed by atoms with E-state index in [1.165, 1.54) is 19.4 Å². The molecule has 5 heteroatoms. The quantitative estimate of drug-likeness (QED) is 0.868. The zero-order valence-electron chi connectivity index (χ0n) is 12.6. The van der Waals surface area contributed by atoms with E-state index in [1.807, 2.05) is 6.07 Å². The highest BCUT2D eigenvalue weighted by Gasteiger charge is 2.38. The van der Waals surface area contributed by atoms with Gasteiger partial charge in [0.15, 0.2) is 0 Å². The number of amides is 1. The van der Waals surface area contributed by atoms with Gasteiger partial charge in [-0.1, -0.05) is 6.92 Å². The largest absolute Gasteiger partial charge is 0.384 e. The van der Waals surface area contributed by atoms with E-state index in [0.29, 0.717) is 17.6 Å². The third-order valence-electron chi connectivity index (χ3n) is 4.55. The molecule has 5 nitrogen and oxygen atoms in total. The third kappa shape index (κ3) is 3.02. The van der Waals surface area contributed by atoms with Crippen molar-refractivity contribution in [1.29, 1.82) is 0 Å². The molecule has 0 bridgehead atoms. The maximum absolute atomic E-state index is 12.6. The van der Waals surface area contributed by atoms with Crippen LogP contribution >= 0.6 is 0 Å². The summed E-state index contributed by atoms with van der Waals surface area (Å²) in [6.45, 7) is 5.28. The molecule has 0 spiro atoms. The van der Waals surface area contributed by atoms with E-state index in [2.05, 4.69) is 27.4 Å². The van der Waals surface area contributed by atoms with E-state index in [4.69, 9.17) is 0 Å². The smallest absolute Gasteiger partial charge is 0.255 e. The van der Waals surface area contributed by atoms with Crippen LogP contribution in [-0.2, 0) is 0 Å². The summed E-state index contributed by atoms with van der Waals surface area (Å²) in [5.74, 6) is 0.000420. The minimum absolute atomic E-state index is 0.000420. The second-order valence-electron chi connectivity index (χ2n) is 5.96. The Balaban J connectivity index is 1.68. The van der Waals surface area contributed by atoms with E-state index < -0.39 is 0 Å². The fourth-order valence-electron chi connectivity index (χ4n) is 3.49. The third-order valence-corrected chi connectivity index (χ3v) is 4.55. The number of rotatable bonds is 5. The van der Waals surface area contributed by atoms with Gasteiger partial charge in [0.25, 0.3) is 5.91 Å². The van der Waals surface area contributed by atoms with Crippen molar-refractivity contribution < 1.29 is 4.79 Å². The first-order valence-corrected chi connectivity index (χ1v) is 8.02. The average Bonchev–Trinajstić information content (AvgIpc) is 3.10. The van der Waals surface area contributed by atoms with E-state index >= 15 is 0 Å². The number of fused-ring (bicyclic) bond motifs is 1. The van der Waals surface area contributed by atoms with Crippen molar-refractivity contribution in [2.45, 2.75) is 44.7 Å². The summed E-state index contributed by atoms with van der Waals surface area (Å²) in [7, 11) is 0. The van der Waals surface area contributed by atoms with Crippen LogP contribution in [0.4, 0.5) is 5.69 Å². The highest BCUT2D eigenvalue weighted by Crippen LogP contribution is 2.28. The van der Waals surface area contributed by atoms with E-state index in [-0.39, 0.29) is 5.91 Å². The van der Waals surface area contributed by atoms with Crippen molar-refractivity contribution in [2.24, 2.45) is 0 Å². The van der Waals surface area contributed by atoms with Gasteiger partial charge in [-0.05, 0) is 38.3 Å². The number of anilines is 1. The topological polar surface area (TPSA) is 57.3 Å². The van der Waals surface area contributed by atoms with E-state index in [0.717, 1.165) is 31.6 Å². The Morgan fingerprint density at radius 1 is 1.43 bits per heavy atom. The molecule has 2 fully saturated rings. The molecule has 2 aliphatic rings. The molecular weight excluding hydrogens is 264 g/mol. The number of aromatic nitrogens is 1. The van der Waals surface area contributed by atoms with Crippen LogP contribution in [0.2, 0.25) is 0 Å². The maximum atomic E-state index is 12.6. The van der Waals surface area contributed by atoms with Gasteiger partial charge in [0.2, 0.25) is 0 Å². The van der Waals surface area contributed by atoms with Crippen molar-refractivity contribution >= 4 is 11.6 Å². The van der Waals surface area contributed by atoms with Crippen LogP contribution in [0, 0.1) is 0 Å². The SMILES string of the molecule is CCCNc1ccncc1C(=O)NC1CCN2CCCC12. The summed E-state index contributed by atoms with van der Waals surface area (Å²) in [6.07, 6.45) is 7.95. The Bertz CT molecular complexity index is 505. The van der Waals surface area contributed by atoms with Gasteiger partial charge in [0.05, 0.1) is 11.3 Å². The van der Waals surface area contributed by atoms with Crippen molar-refractivity contribution in [1.82, 2.24) is 15.2 Å². The predicted molar refractivity (Wildman–Crippen MR) is 83.5 cm³/mol. The fourth-order valence-corrected chi connectivity index (χ4v) is 3.49. The molecule has 0 aliphatic carbocycles. The average molecular weight is 288 g/mol. The molecule has 2 unspecified atom stereocenters. The summed E-state index contributed by atoms with van der Waals surface area (Å²) < 4.78 is 0. The van der Waals surface area contributed by atoms with Crippen LogP contribution in [0.15, 0.2) is 18.5 Å². The predicted octanol–water partition coefficient (Wildman–Crippen LogP) is 1.87. The number of hydrogen-bond acceptors (Lipinski definition) is 4. The fraction of sp³-hybridized carbons (Fsp3) is 0.625. The lowest BCUT2D eigenvalue weighted by atomic mass is 10.1. The summed E-state index contributed by atoms with van der Waals surface area (Å²) in [4.78, 5) is 19.2. The van der Waals surface area contributed by atoms with E-state index in [1.54, 1.807) is 12.4 Å². The van der Waals surface area contributed by atoms with Crippen LogP contribution in [0.3, 0.4) is 0 Å². The summed E-state index contributed by atoms with van der Waals surface area (Å²) >= 11 is 0. The lowest BCUT2D eigenvalue weighted by Crippen LogP contribution is -2.42. The first-order chi connectivity index (χ1) is 10.3. The number of carbonyl (C=O) groups excluding carboxylic acids is 1. The molecule has 2 atom stereocenters. The molecule has 114 valence electrons. The first kappa shape index (κ1) is 14.3. The molecule has 2 saturated heterocycles. The van der Waals surface area contributed by atoms with Gasteiger partial charge >= 0.3 is 0 Å². The highest BCUT2D eigenvalue weighted by molar-refractivity contribution is 5.99. The first-order valence-electron chi connectivity index (χ1n) is 8.02. The Morgan fingerprint density at radius 2 is 2.33 bits per heavy atom. The van der Waals surface area contributed by atoms with Crippen molar-refractivity contribution in [3.05, 3.63) is 24.0 Å². The van der Waals surface area contributed by atoms with Gasteiger partial charge in [-0.3, -0.25) is 14.7 Å². The summed E-state index contributed by atoms with van der Waals surface area (Å²) in [5.41, 5.74) is 1.54. The maximum Gasteiger partial charge on any atom is 0.255 e. The van der Waals surface area contributed by atoms with Crippen LogP contribution in [0.25, 0.3) is 0 Å². The molecule has 2 aliphatic heterocycles. The van der Waals surface area contributed by atoms with Gasteiger partial charge in [0.1, 0.15) is 0 Å². The van der Waals surface area contributed by atoms with Crippen molar-refractivity contribution in [3.63, 3.8) is 0 Å². The van der Waals surface area contributed by atoms with Gasteiger partial charge in [-0.25, -0.2) is 0 Å². The second kappa shape index (κ2) is 6.43. The number of carbonyl (C=O) groups is 1. The Kier molecular flexibility index (Phi) is 4.39. The number of hydrogen-bond donors (Lipinski definition) is 2. The Morgan fingerprint density at radius 3 is 3.19 bits per heavy atom. The molecule has 21 heavy (non-hydrogen) atoms. The minimum Gasteiger partial charge on any atom is -0.384 e. The van der Waals surface area contributed by atoms with Crippen LogP contribution in [0.1, 0.15) is 43.0 Å². The van der Waals surface area contributed by atoms with E-state index in [9.17, 15) is 4.79 Å². The lowest BCUT2D eigenvalue weighted by Gasteiger charge is -2.21. The molecule has 3 rings (SSSR count). The molecular formula is C16H24N4O. The molecule has 1 amide bonds. The summed E-state index contributed by atoms with van der Waals surface area (Å²) in [6, 6.07) is 2.71. The minimum atomic E-state index is 0.000420. The molecule has 1 aromatic heterocycles. The number of pyridine rings is 1. The van der Waals surface area contributed by atoms with Crippen LogP contribution in [-0.4, -0.2) is 47.5 Å². The van der Waals surface area contributed by atoms with Crippen molar-refractivity contribution in [2.75, 3.05) is 25.0 Å². The van der Waals surface area contributed by atoms with Gasteiger partial charge in [-0.2, -0.15) is 0 Å². The molecule has 2 N–H and O–H groups in total. The zero-order chi connectivity index (χ0) is 14.7. The molecule has 0 saturated carbocycles. The highest BCUT2D eigenvalue weighted by atomic mass is 16.1. The monoisotopic (exact) mass is 288 g/mol. The normalized spacial score (nSPS) is 24.8. The molecule has 1 aromatic rings. The lowest BCUT2D eigenvalue weighted by molar-refractivity contribution is 0.0930. The molecule has 0 aromatic carbocycles. The summed E-state index contributed by atoms with van der Waals surface area (Å²) in [5, 5.41) is 6.53. The Hall–Kier alpha value is -1.62. The second-order valence-corrected chi connectivity index (χ2v) is 5.96. The van der Waals surface area contributed by atoms with Gasteiger partial charge in [0, 0.05) is 37.6 Å². The standard InChI is InChI=1S/C16H24N4O/c1-2-7-18-13-5-8-17-11-12(13)16(21)19-14-6-10-20-9-3-4-15(14)20/h5,8,11,14-15H,2-4,6-7,9-10H2,1H3,(H,17,18)(H,19,21). The van der Waals surface area contributed by atoms with Crippen LogP contribution < -0.4 is 10.6 Å².